The zero-order valence-corrected chi connectivity index (χ0v) is 9.67. The Kier molecular flexibility index (Phi) is 7.38. The van der Waals surface area contributed by atoms with E-state index in [9.17, 15) is 9.59 Å². The lowest BCUT2D eigenvalue weighted by Crippen LogP contribution is -2.30. The lowest BCUT2D eigenvalue weighted by atomic mass is 10.2. The molecule has 4 N–H and O–H groups in total. The van der Waals surface area contributed by atoms with Gasteiger partial charge < -0.3 is 15.9 Å². The van der Waals surface area contributed by atoms with Gasteiger partial charge in [0.05, 0.1) is 0 Å². The van der Waals surface area contributed by atoms with Crippen LogP contribution in [0.15, 0.2) is 30.3 Å². The standard InChI is InChI=1S/C7H8.C5H9NO4/c1-7-5-3-2-4-6-7;6-3(5(9)10)1-2-4(7)8/h2-6H,1H3;3H,1-2,6H2,(H,7,8)(H,9,10)/t;3-/m.0/s1. The average molecular weight is 239 g/mol. The third-order valence-electron chi connectivity index (χ3n) is 1.93. The summed E-state index contributed by atoms with van der Waals surface area (Å²) < 4.78 is 0. The van der Waals surface area contributed by atoms with Crippen molar-refractivity contribution in [2.45, 2.75) is 25.8 Å². The van der Waals surface area contributed by atoms with Gasteiger partial charge in [-0.3, -0.25) is 9.59 Å². The molecule has 1 rings (SSSR count). The zero-order chi connectivity index (χ0) is 13.3. The Bertz CT molecular complexity index is 351. The summed E-state index contributed by atoms with van der Waals surface area (Å²) in [5.41, 5.74) is 6.32. The van der Waals surface area contributed by atoms with Crippen molar-refractivity contribution in [3.05, 3.63) is 35.9 Å². The highest BCUT2D eigenvalue weighted by Gasteiger charge is 2.12. The normalized spacial score (nSPS) is 10.9. The van der Waals surface area contributed by atoms with Gasteiger partial charge in [0.15, 0.2) is 0 Å². The predicted octanol–water partition coefficient (Wildman–Crippen LogP) is 1.26. The minimum Gasteiger partial charge on any atom is -0.481 e. The van der Waals surface area contributed by atoms with E-state index in [-0.39, 0.29) is 12.8 Å². The summed E-state index contributed by atoms with van der Waals surface area (Å²) in [5, 5.41) is 16.3. The first-order valence-corrected chi connectivity index (χ1v) is 5.15. The van der Waals surface area contributed by atoms with Crippen molar-refractivity contribution in [2.75, 3.05) is 0 Å². The van der Waals surface area contributed by atoms with Crippen molar-refractivity contribution < 1.29 is 19.8 Å². The Labute approximate surface area is 99.9 Å². The van der Waals surface area contributed by atoms with E-state index >= 15 is 0 Å². The molecule has 0 unspecified atom stereocenters. The molecular weight excluding hydrogens is 222 g/mol. The third kappa shape index (κ3) is 9.07. The molecule has 5 nitrogen and oxygen atoms in total. The molecule has 0 aliphatic rings. The van der Waals surface area contributed by atoms with Crippen molar-refractivity contribution >= 4 is 11.9 Å². The number of rotatable bonds is 4. The predicted molar refractivity (Wildman–Crippen MR) is 63.7 cm³/mol. The highest BCUT2D eigenvalue weighted by molar-refractivity contribution is 5.74. The van der Waals surface area contributed by atoms with Crippen LogP contribution in [0, 0.1) is 6.92 Å². The van der Waals surface area contributed by atoms with Crippen LogP contribution in [0.25, 0.3) is 0 Å². The molecule has 0 aliphatic carbocycles. The fourth-order valence-electron chi connectivity index (χ4n) is 0.937. The molecule has 1 aromatic carbocycles. The zero-order valence-electron chi connectivity index (χ0n) is 9.67. The second-order valence-electron chi connectivity index (χ2n) is 3.53. The van der Waals surface area contributed by atoms with Gasteiger partial charge in [-0.2, -0.15) is 0 Å². The van der Waals surface area contributed by atoms with Gasteiger partial charge in [0.25, 0.3) is 0 Å². The fraction of sp³-hybridized carbons (Fsp3) is 0.333. The molecule has 0 heterocycles. The van der Waals surface area contributed by atoms with Gasteiger partial charge in [0, 0.05) is 6.42 Å². The molecule has 1 aromatic rings. The van der Waals surface area contributed by atoms with Crippen molar-refractivity contribution in [3.8, 4) is 0 Å². The third-order valence-corrected chi connectivity index (χ3v) is 1.93. The van der Waals surface area contributed by atoms with Crippen LogP contribution in [-0.4, -0.2) is 28.2 Å². The molecule has 0 spiro atoms. The summed E-state index contributed by atoms with van der Waals surface area (Å²) in [5.74, 6) is -2.20. The molecule has 0 aromatic heterocycles. The highest BCUT2D eigenvalue weighted by atomic mass is 16.4. The number of carboxylic acids is 2. The van der Waals surface area contributed by atoms with Gasteiger partial charge in [-0.25, -0.2) is 0 Å². The van der Waals surface area contributed by atoms with E-state index in [0.717, 1.165) is 0 Å². The maximum Gasteiger partial charge on any atom is 0.320 e. The topological polar surface area (TPSA) is 101 Å². The molecule has 0 amide bonds. The van der Waals surface area contributed by atoms with Crippen LogP contribution in [0.3, 0.4) is 0 Å². The van der Waals surface area contributed by atoms with Crippen molar-refractivity contribution in [1.29, 1.82) is 0 Å². The van der Waals surface area contributed by atoms with Gasteiger partial charge >= 0.3 is 11.9 Å². The van der Waals surface area contributed by atoms with E-state index in [2.05, 4.69) is 19.1 Å². The quantitative estimate of drug-likeness (QED) is 0.734. The second-order valence-corrected chi connectivity index (χ2v) is 3.53. The van der Waals surface area contributed by atoms with Crippen molar-refractivity contribution in [3.63, 3.8) is 0 Å². The first-order valence-electron chi connectivity index (χ1n) is 5.15. The van der Waals surface area contributed by atoms with Crippen LogP contribution in [0.4, 0.5) is 0 Å². The summed E-state index contributed by atoms with van der Waals surface area (Å²) in [6, 6.07) is 9.20. The number of aliphatic carboxylic acids is 2. The van der Waals surface area contributed by atoms with Crippen LogP contribution >= 0.6 is 0 Å². The van der Waals surface area contributed by atoms with E-state index in [1.807, 2.05) is 18.2 Å². The van der Waals surface area contributed by atoms with Crippen LogP contribution in [-0.2, 0) is 9.59 Å². The van der Waals surface area contributed by atoms with E-state index < -0.39 is 18.0 Å². The molecule has 17 heavy (non-hydrogen) atoms. The van der Waals surface area contributed by atoms with Crippen LogP contribution in [0.2, 0.25) is 0 Å². The molecular formula is C12H17NO4. The Morgan fingerprint density at radius 2 is 1.76 bits per heavy atom. The highest BCUT2D eigenvalue weighted by Crippen LogP contribution is 1.93. The number of carboxylic acid groups (broad SMARTS) is 2. The van der Waals surface area contributed by atoms with Crippen LogP contribution in [0.1, 0.15) is 18.4 Å². The lowest BCUT2D eigenvalue weighted by molar-refractivity contribution is -0.139. The SMILES string of the molecule is Cc1ccccc1.N[C@@H](CCC(=O)O)C(=O)O. The number of nitrogens with two attached hydrogens (primary N) is 1. The largest absolute Gasteiger partial charge is 0.481 e. The van der Waals surface area contributed by atoms with Gasteiger partial charge in [-0.1, -0.05) is 35.9 Å². The molecule has 94 valence electrons. The Hall–Kier alpha value is -1.88. The number of hydrogen-bond donors (Lipinski definition) is 3. The summed E-state index contributed by atoms with van der Waals surface area (Å²) in [7, 11) is 0. The number of carbonyl (C=O) groups is 2. The maximum absolute atomic E-state index is 9.99. The number of hydrogen-bond acceptors (Lipinski definition) is 3. The van der Waals surface area contributed by atoms with E-state index in [1.165, 1.54) is 5.56 Å². The van der Waals surface area contributed by atoms with Gasteiger partial charge in [0.1, 0.15) is 6.04 Å². The molecule has 0 radical (unpaired) electrons. The summed E-state index contributed by atoms with van der Waals surface area (Å²) >= 11 is 0. The first-order chi connectivity index (χ1) is 7.93. The molecule has 0 saturated heterocycles. The summed E-state index contributed by atoms with van der Waals surface area (Å²) in [6.45, 7) is 2.08. The van der Waals surface area contributed by atoms with Crippen LogP contribution in [0.5, 0.6) is 0 Å². The minimum absolute atomic E-state index is 0.0231. The Morgan fingerprint density at radius 3 is 2.06 bits per heavy atom. The molecule has 0 saturated carbocycles. The number of aryl methyl sites for hydroxylation is 1. The fourth-order valence-corrected chi connectivity index (χ4v) is 0.937. The smallest absolute Gasteiger partial charge is 0.320 e. The lowest BCUT2D eigenvalue weighted by Gasteiger charge is -2.01. The molecule has 0 fully saturated rings. The molecule has 1 atom stereocenters. The second kappa shape index (κ2) is 8.29. The maximum atomic E-state index is 9.99. The van der Waals surface area contributed by atoms with Gasteiger partial charge in [-0.05, 0) is 13.3 Å². The minimum atomic E-state index is -1.17. The number of benzene rings is 1. The van der Waals surface area contributed by atoms with Crippen molar-refractivity contribution in [1.82, 2.24) is 0 Å². The Balaban J connectivity index is 0.000000318. The molecule has 0 bridgehead atoms. The van der Waals surface area contributed by atoms with E-state index in [0.29, 0.717) is 0 Å². The van der Waals surface area contributed by atoms with Gasteiger partial charge in [-0.15, -0.1) is 0 Å². The monoisotopic (exact) mass is 239 g/mol. The van der Waals surface area contributed by atoms with Crippen molar-refractivity contribution in [2.24, 2.45) is 5.73 Å². The average Bonchev–Trinajstić information content (AvgIpc) is 2.27. The first kappa shape index (κ1) is 15.1. The van der Waals surface area contributed by atoms with Gasteiger partial charge in [0.2, 0.25) is 0 Å². The summed E-state index contributed by atoms with van der Waals surface area (Å²) in [4.78, 5) is 19.9. The molecule has 0 aliphatic heterocycles. The van der Waals surface area contributed by atoms with E-state index in [1.54, 1.807) is 0 Å². The van der Waals surface area contributed by atoms with Crippen LogP contribution < -0.4 is 5.73 Å². The van der Waals surface area contributed by atoms with E-state index in [4.69, 9.17) is 15.9 Å². The molecule has 5 heteroatoms. The summed E-state index contributed by atoms with van der Waals surface area (Å²) in [6.07, 6.45) is -0.224. The Morgan fingerprint density at radius 1 is 1.24 bits per heavy atom.